The van der Waals surface area contributed by atoms with E-state index in [1.807, 2.05) is 60.7 Å². The molecule has 1 amide bonds. The van der Waals surface area contributed by atoms with Crippen molar-refractivity contribution in [3.63, 3.8) is 0 Å². The van der Waals surface area contributed by atoms with Crippen LogP contribution in [0.25, 0.3) is 0 Å². The molecule has 0 saturated heterocycles. The molecule has 2 N–H and O–H groups in total. The Kier molecular flexibility index (Phi) is 5.49. The van der Waals surface area contributed by atoms with E-state index in [9.17, 15) is 9.90 Å². The monoisotopic (exact) mass is 325 g/mol. The zero-order valence-corrected chi connectivity index (χ0v) is 13.6. The smallest absolute Gasteiger partial charge is 0.266 e. The molecule has 0 aliphatic heterocycles. The topological polar surface area (TPSA) is 58.6 Å². The Bertz CT molecular complexity index is 636. The number of para-hydroxylation sites is 1. The van der Waals surface area contributed by atoms with Crippen LogP contribution >= 0.6 is 0 Å². The zero-order chi connectivity index (χ0) is 16.8. The van der Waals surface area contributed by atoms with E-state index in [4.69, 9.17) is 4.74 Å². The first-order valence-electron chi connectivity index (χ1n) is 8.47. The van der Waals surface area contributed by atoms with E-state index < -0.39 is 6.10 Å². The fraction of sp³-hybridized carbons (Fsp3) is 0.350. The molecule has 0 aromatic heterocycles. The number of carbonyl (C=O) groups excluding carboxylic acids is 1. The third kappa shape index (κ3) is 4.36. The van der Waals surface area contributed by atoms with Crippen molar-refractivity contribution in [3.05, 3.63) is 66.2 Å². The minimum Gasteiger partial charge on any atom is -0.476 e. The second kappa shape index (κ2) is 7.97. The van der Waals surface area contributed by atoms with Gasteiger partial charge >= 0.3 is 0 Å². The Hall–Kier alpha value is -2.33. The molecular weight excluding hydrogens is 302 g/mol. The Morgan fingerprint density at radius 3 is 2.17 bits per heavy atom. The number of carbonyl (C=O) groups is 1. The predicted molar refractivity (Wildman–Crippen MR) is 92.7 cm³/mol. The van der Waals surface area contributed by atoms with Crippen molar-refractivity contribution in [2.75, 3.05) is 0 Å². The number of hydrogen-bond acceptors (Lipinski definition) is 3. The predicted octanol–water partition coefficient (Wildman–Crippen LogP) is 3.23. The molecule has 1 aliphatic carbocycles. The van der Waals surface area contributed by atoms with E-state index in [0.717, 1.165) is 31.2 Å². The standard InChI is InChI=1S/C20H23NO3/c22-17-13-11-16(12-14-17)21-20(23)19(15-7-3-1-4-8-15)24-18-9-5-2-6-10-18/h1-10,16-17,19,22H,11-14H2,(H,21,23). The summed E-state index contributed by atoms with van der Waals surface area (Å²) in [5, 5.41) is 12.7. The van der Waals surface area contributed by atoms with Gasteiger partial charge in [-0.3, -0.25) is 4.79 Å². The molecule has 2 aromatic rings. The number of ether oxygens (including phenoxy) is 1. The number of hydrogen-bond donors (Lipinski definition) is 2. The van der Waals surface area contributed by atoms with Crippen LogP contribution in [-0.4, -0.2) is 23.2 Å². The maximum absolute atomic E-state index is 12.8. The molecule has 0 bridgehead atoms. The first-order valence-corrected chi connectivity index (χ1v) is 8.47. The fourth-order valence-electron chi connectivity index (χ4n) is 3.03. The van der Waals surface area contributed by atoms with Gasteiger partial charge in [0.25, 0.3) is 5.91 Å². The lowest BCUT2D eigenvalue weighted by molar-refractivity contribution is -0.129. The second-order valence-electron chi connectivity index (χ2n) is 6.24. The summed E-state index contributed by atoms with van der Waals surface area (Å²) in [7, 11) is 0. The minimum atomic E-state index is -0.680. The number of rotatable bonds is 5. The summed E-state index contributed by atoms with van der Waals surface area (Å²) in [5.41, 5.74) is 0.828. The van der Waals surface area contributed by atoms with Gasteiger partial charge in [0, 0.05) is 11.6 Å². The number of nitrogens with one attached hydrogen (secondary N) is 1. The van der Waals surface area contributed by atoms with Crippen LogP contribution in [0.15, 0.2) is 60.7 Å². The number of aliphatic hydroxyl groups excluding tert-OH is 1. The normalized spacial score (nSPS) is 21.7. The second-order valence-corrected chi connectivity index (χ2v) is 6.24. The van der Waals surface area contributed by atoms with Crippen LogP contribution in [0.1, 0.15) is 37.4 Å². The molecule has 0 spiro atoms. The van der Waals surface area contributed by atoms with Gasteiger partial charge in [-0.2, -0.15) is 0 Å². The molecule has 4 heteroatoms. The molecule has 3 rings (SSSR count). The lowest BCUT2D eigenvalue weighted by Gasteiger charge is -2.28. The van der Waals surface area contributed by atoms with Crippen LogP contribution in [0.5, 0.6) is 5.75 Å². The quantitative estimate of drug-likeness (QED) is 0.887. The van der Waals surface area contributed by atoms with E-state index in [0.29, 0.717) is 5.75 Å². The Morgan fingerprint density at radius 1 is 0.958 bits per heavy atom. The lowest BCUT2D eigenvalue weighted by atomic mass is 9.93. The van der Waals surface area contributed by atoms with E-state index in [1.165, 1.54) is 0 Å². The summed E-state index contributed by atoms with van der Waals surface area (Å²) in [6, 6.07) is 19.0. The average molecular weight is 325 g/mol. The van der Waals surface area contributed by atoms with Crippen molar-refractivity contribution in [2.45, 2.75) is 43.9 Å². The fourth-order valence-corrected chi connectivity index (χ4v) is 3.03. The highest BCUT2D eigenvalue weighted by atomic mass is 16.5. The van der Waals surface area contributed by atoms with Gasteiger partial charge < -0.3 is 15.2 Å². The van der Waals surface area contributed by atoms with Crippen molar-refractivity contribution in [3.8, 4) is 5.75 Å². The van der Waals surface area contributed by atoms with Crippen LogP contribution in [0.2, 0.25) is 0 Å². The molecular formula is C20H23NO3. The highest BCUT2D eigenvalue weighted by molar-refractivity contribution is 5.82. The van der Waals surface area contributed by atoms with E-state index >= 15 is 0 Å². The van der Waals surface area contributed by atoms with Gasteiger partial charge in [-0.25, -0.2) is 0 Å². The van der Waals surface area contributed by atoms with Crippen molar-refractivity contribution in [2.24, 2.45) is 0 Å². The molecule has 1 aliphatic rings. The van der Waals surface area contributed by atoms with Crippen LogP contribution in [-0.2, 0) is 4.79 Å². The van der Waals surface area contributed by atoms with Gasteiger partial charge in [0.05, 0.1) is 6.10 Å². The highest BCUT2D eigenvalue weighted by Crippen LogP contribution is 2.24. The largest absolute Gasteiger partial charge is 0.476 e. The maximum atomic E-state index is 12.8. The molecule has 1 atom stereocenters. The van der Waals surface area contributed by atoms with Gasteiger partial charge in [0.15, 0.2) is 0 Å². The third-order valence-corrected chi connectivity index (χ3v) is 4.38. The molecule has 24 heavy (non-hydrogen) atoms. The van der Waals surface area contributed by atoms with Crippen molar-refractivity contribution in [1.82, 2.24) is 5.32 Å². The highest BCUT2D eigenvalue weighted by Gasteiger charge is 2.27. The molecule has 1 saturated carbocycles. The number of benzene rings is 2. The third-order valence-electron chi connectivity index (χ3n) is 4.38. The number of amides is 1. The summed E-state index contributed by atoms with van der Waals surface area (Å²) in [5.74, 6) is 0.534. The van der Waals surface area contributed by atoms with Crippen molar-refractivity contribution < 1.29 is 14.6 Å². The Labute approximate surface area is 142 Å². The Balaban J connectivity index is 1.73. The SMILES string of the molecule is O=C(NC1CCC(O)CC1)C(Oc1ccccc1)c1ccccc1. The molecule has 0 radical (unpaired) electrons. The molecule has 1 fully saturated rings. The van der Waals surface area contributed by atoms with Gasteiger partial charge in [-0.1, -0.05) is 48.5 Å². The average Bonchev–Trinajstić information content (AvgIpc) is 2.63. The van der Waals surface area contributed by atoms with Gasteiger partial charge in [-0.15, -0.1) is 0 Å². The van der Waals surface area contributed by atoms with Gasteiger partial charge in [0.1, 0.15) is 5.75 Å². The first kappa shape index (κ1) is 16.5. The molecule has 2 aromatic carbocycles. The van der Waals surface area contributed by atoms with Crippen LogP contribution in [0, 0.1) is 0 Å². The minimum absolute atomic E-state index is 0.103. The van der Waals surface area contributed by atoms with Gasteiger partial charge in [0.2, 0.25) is 6.10 Å². The van der Waals surface area contributed by atoms with E-state index in [1.54, 1.807) is 0 Å². The molecule has 0 heterocycles. The number of aliphatic hydroxyl groups is 1. The van der Waals surface area contributed by atoms with Crippen molar-refractivity contribution >= 4 is 5.91 Å². The summed E-state index contributed by atoms with van der Waals surface area (Å²) in [6.07, 6.45) is 2.17. The summed E-state index contributed by atoms with van der Waals surface area (Å²) < 4.78 is 5.96. The van der Waals surface area contributed by atoms with E-state index in [2.05, 4.69) is 5.32 Å². The summed E-state index contributed by atoms with van der Waals surface area (Å²) in [4.78, 5) is 12.8. The summed E-state index contributed by atoms with van der Waals surface area (Å²) in [6.45, 7) is 0. The first-order chi connectivity index (χ1) is 11.7. The molecule has 126 valence electrons. The molecule has 1 unspecified atom stereocenters. The van der Waals surface area contributed by atoms with Crippen LogP contribution < -0.4 is 10.1 Å². The summed E-state index contributed by atoms with van der Waals surface area (Å²) >= 11 is 0. The zero-order valence-electron chi connectivity index (χ0n) is 13.6. The van der Waals surface area contributed by atoms with E-state index in [-0.39, 0.29) is 18.1 Å². The maximum Gasteiger partial charge on any atom is 0.266 e. The van der Waals surface area contributed by atoms with Gasteiger partial charge in [-0.05, 0) is 37.8 Å². The van der Waals surface area contributed by atoms with Crippen LogP contribution in [0.3, 0.4) is 0 Å². The van der Waals surface area contributed by atoms with Crippen molar-refractivity contribution in [1.29, 1.82) is 0 Å². The molecule has 4 nitrogen and oxygen atoms in total. The van der Waals surface area contributed by atoms with Crippen LogP contribution in [0.4, 0.5) is 0 Å². The Morgan fingerprint density at radius 2 is 1.54 bits per heavy atom. The lowest BCUT2D eigenvalue weighted by Crippen LogP contribution is -2.42.